The second-order valence-corrected chi connectivity index (χ2v) is 5.44. The molecular weight excluding hydrogens is 204 g/mol. The highest BCUT2D eigenvalue weighted by Crippen LogP contribution is 2.36. The first-order valence-electron chi connectivity index (χ1n) is 5.47. The molecule has 1 aromatic carbocycles. The van der Waals surface area contributed by atoms with Crippen molar-refractivity contribution in [3.05, 3.63) is 29.8 Å². The molecule has 0 amide bonds. The molecule has 1 aromatic rings. The molecule has 0 radical (unpaired) electrons. The van der Waals surface area contributed by atoms with E-state index in [0.717, 1.165) is 6.54 Å². The molecule has 0 aliphatic carbocycles. The lowest BCUT2D eigenvalue weighted by molar-refractivity contribution is 0.551. The summed E-state index contributed by atoms with van der Waals surface area (Å²) in [5.74, 6) is 0. The van der Waals surface area contributed by atoms with E-state index >= 15 is 0 Å². The van der Waals surface area contributed by atoms with Crippen LogP contribution < -0.4 is 11.1 Å². The van der Waals surface area contributed by atoms with Crippen molar-refractivity contribution in [3.63, 3.8) is 0 Å². The van der Waals surface area contributed by atoms with Crippen molar-refractivity contribution < 1.29 is 0 Å². The quantitative estimate of drug-likeness (QED) is 0.813. The topological polar surface area (TPSA) is 38.0 Å². The van der Waals surface area contributed by atoms with Gasteiger partial charge in [0.25, 0.3) is 0 Å². The third kappa shape index (κ3) is 2.74. The van der Waals surface area contributed by atoms with Crippen molar-refractivity contribution in [1.82, 2.24) is 5.32 Å². The maximum atomic E-state index is 5.57. The Morgan fingerprint density at radius 2 is 2.33 bits per heavy atom. The van der Waals surface area contributed by atoms with Crippen LogP contribution in [-0.4, -0.2) is 24.4 Å². The summed E-state index contributed by atoms with van der Waals surface area (Å²) in [5.41, 5.74) is 7.07. The highest BCUT2D eigenvalue weighted by atomic mass is 32.2. The summed E-state index contributed by atoms with van der Waals surface area (Å²) in [5, 5.41) is 4.14. The van der Waals surface area contributed by atoms with Gasteiger partial charge in [-0.05, 0) is 25.0 Å². The van der Waals surface area contributed by atoms with Crippen LogP contribution >= 0.6 is 11.8 Å². The summed E-state index contributed by atoms with van der Waals surface area (Å²) in [6.07, 6.45) is 1.19. The molecule has 82 valence electrons. The molecule has 0 saturated heterocycles. The zero-order chi connectivity index (χ0) is 10.7. The van der Waals surface area contributed by atoms with Crippen LogP contribution in [0.2, 0.25) is 0 Å². The first-order chi connectivity index (χ1) is 7.29. The van der Waals surface area contributed by atoms with Gasteiger partial charge in [0.05, 0.1) is 0 Å². The first-order valence-corrected chi connectivity index (χ1v) is 6.35. The summed E-state index contributed by atoms with van der Waals surface area (Å²) >= 11 is 1.99. The highest BCUT2D eigenvalue weighted by molar-refractivity contribution is 8.00. The number of hydrogen-bond acceptors (Lipinski definition) is 3. The molecule has 3 heteroatoms. The fraction of sp³-hybridized carbons (Fsp3) is 0.500. The molecular formula is C12H18N2S. The lowest BCUT2D eigenvalue weighted by Crippen LogP contribution is -2.37. The van der Waals surface area contributed by atoms with E-state index in [2.05, 4.69) is 36.5 Å². The van der Waals surface area contributed by atoms with Crippen molar-refractivity contribution in [2.45, 2.75) is 29.5 Å². The normalized spacial score (nSPS) is 21.3. The number of hydrogen-bond donors (Lipinski definition) is 2. The van der Waals surface area contributed by atoms with Crippen molar-refractivity contribution in [3.8, 4) is 0 Å². The van der Waals surface area contributed by atoms with Crippen LogP contribution in [0.5, 0.6) is 0 Å². The molecule has 2 nitrogen and oxygen atoms in total. The van der Waals surface area contributed by atoms with Crippen LogP contribution in [0.4, 0.5) is 0 Å². The zero-order valence-corrected chi connectivity index (χ0v) is 9.89. The third-order valence-electron chi connectivity index (χ3n) is 2.76. The van der Waals surface area contributed by atoms with Gasteiger partial charge in [-0.1, -0.05) is 18.2 Å². The Morgan fingerprint density at radius 1 is 1.53 bits per heavy atom. The van der Waals surface area contributed by atoms with E-state index < -0.39 is 0 Å². The van der Waals surface area contributed by atoms with Crippen LogP contribution in [0.1, 0.15) is 12.5 Å². The molecule has 1 unspecified atom stereocenters. The number of nitrogens with one attached hydrogen (secondary N) is 1. The van der Waals surface area contributed by atoms with Gasteiger partial charge in [-0.2, -0.15) is 0 Å². The zero-order valence-electron chi connectivity index (χ0n) is 9.07. The van der Waals surface area contributed by atoms with E-state index in [4.69, 9.17) is 5.73 Å². The predicted molar refractivity (Wildman–Crippen MR) is 66.3 cm³/mol. The van der Waals surface area contributed by atoms with E-state index in [1.807, 2.05) is 11.8 Å². The summed E-state index contributed by atoms with van der Waals surface area (Å²) in [6, 6.07) is 9.11. The Kier molecular flexibility index (Phi) is 3.67. The van der Waals surface area contributed by atoms with E-state index in [1.54, 1.807) is 0 Å². The van der Waals surface area contributed by atoms with E-state index in [0.29, 0.717) is 17.8 Å². The molecule has 0 aromatic heterocycles. The van der Waals surface area contributed by atoms with Crippen molar-refractivity contribution in [1.29, 1.82) is 0 Å². The first kappa shape index (κ1) is 11.0. The minimum absolute atomic E-state index is 0.425. The minimum Gasteiger partial charge on any atom is -0.329 e. The fourth-order valence-corrected chi connectivity index (χ4v) is 3.05. The maximum Gasteiger partial charge on any atom is 0.0260 e. The van der Waals surface area contributed by atoms with Crippen molar-refractivity contribution >= 4 is 11.8 Å². The van der Waals surface area contributed by atoms with Crippen molar-refractivity contribution in [2.75, 3.05) is 13.1 Å². The number of rotatable bonds is 4. The number of nitrogens with two attached hydrogens (primary N) is 1. The standard InChI is InChI=1S/C12H18N2S/c1-9(7-13)14-8-11-6-10-4-2-3-5-12(10)15-11/h2-5,9,11,14H,6-8,13H2,1H3/t9-,11?/m1/s1. The van der Waals surface area contributed by atoms with Crippen molar-refractivity contribution in [2.24, 2.45) is 5.73 Å². The molecule has 1 aliphatic heterocycles. The van der Waals surface area contributed by atoms with E-state index in [1.165, 1.54) is 16.9 Å². The smallest absolute Gasteiger partial charge is 0.0260 e. The van der Waals surface area contributed by atoms with Crippen LogP contribution in [0.15, 0.2) is 29.2 Å². The SMILES string of the molecule is C[C@H](CN)NCC1Cc2ccccc2S1. The molecule has 2 rings (SSSR count). The second-order valence-electron chi connectivity index (χ2n) is 4.10. The van der Waals surface area contributed by atoms with E-state index in [-0.39, 0.29) is 0 Å². The van der Waals surface area contributed by atoms with Crippen LogP contribution in [0.25, 0.3) is 0 Å². The van der Waals surface area contributed by atoms with Crippen LogP contribution in [0, 0.1) is 0 Å². The Labute approximate surface area is 95.6 Å². The molecule has 3 N–H and O–H groups in total. The average molecular weight is 222 g/mol. The monoisotopic (exact) mass is 222 g/mol. The Bertz CT molecular complexity index is 302. The Morgan fingerprint density at radius 3 is 3.07 bits per heavy atom. The molecule has 0 spiro atoms. The fourth-order valence-electron chi connectivity index (χ4n) is 1.78. The summed E-state index contributed by atoms with van der Waals surface area (Å²) in [6.45, 7) is 3.90. The molecule has 15 heavy (non-hydrogen) atoms. The molecule has 1 aliphatic rings. The van der Waals surface area contributed by atoms with Crippen LogP contribution in [0.3, 0.4) is 0 Å². The largest absolute Gasteiger partial charge is 0.329 e. The predicted octanol–water partition coefficient (Wildman–Crippen LogP) is 1.64. The average Bonchev–Trinajstić information content (AvgIpc) is 2.68. The van der Waals surface area contributed by atoms with Gasteiger partial charge in [-0.25, -0.2) is 0 Å². The van der Waals surface area contributed by atoms with Gasteiger partial charge >= 0.3 is 0 Å². The number of thioether (sulfide) groups is 1. The molecule has 2 atom stereocenters. The maximum absolute atomic E-state index is 5.57. The second kappa shape index (κ2) is 5.01. The van der Waals surface area contributed by atoms with Gasteiger partial charge < -0.3 is 11.1 Å². The Hall–Kier alpha value is -0.510. The van der Waals surface area contributed by atoms with E-state index in [9.17, 15) is 0 Å². The lowest BCUT2D eigenvalue weighted by Gasteiger charge is -2.14. The van der Waals surface area contributed by atoms with Gasteiger partial charge in [0.1, 0.15) is 0 Å². The molecule has 0 fully saturated rings. The lowest BCUT2D eigenvalue weighted by atomic mass is 10.1. The molecule has 0 bridgehead atoms. The highest BCUT2D eigenvalue weighted by Gasteiger charge is 2.21. The van der Waals surface area contributed by atoms with Gasteiger partial charge in [0.2, 0.25) is 0 Å². The third-order valence-corrected chi connectivity index (χ3v) is 4.08. The number of benzene rings is 1. The summed E-state index contributed by atoms with van der Waals surface area (Å²) < 4.78 is 0. The summed E-state index contributed by atoms with van der Waals surface area (Å²) in [7, 11) is 0. The van der Waals surface area contributed by atoms with Crippen LogP contribution in [-0.2, 0) is 6.42 Å². The minimum atomic E-state index is 0.425. The summed E-state index contributed by atoms with van der Waals surface area (Å²) in [4.78, 5) is 1.45. The van der Waals surface area contributed by atoms with Gasteiger partial charge in [-0.15, -0.1) is 11.8 Å². The molecule has 0 saturated carbocycles. The van der Waals surface area contributed by atoms with Gasteiger partial charge in [0, 0.05) is 29.3 Å². The van der Waals surface area contributed by atoms with Gasteiger partial charge in [0.15, 0.2) is 0 Å². The molecule has 1 heterocycles. The van der Waals surface area contributed by atoms with Gasteiger partial charge in [-0.3, -0.25) is 0 Å². The Balaban J connectivity index is 1.85. The number of fused-ring (bicyclic) bond motifs is 1.